The zero-order valence-electron chi connectivity index (χ0n) is 12.6. The Balaban J connectivity index is 3.43. The van der Waals surface area contributed by atoms with Gasteiger partial charge in [0, 0.05) is 0 Å². The highest BCUT2D eigenvalue weighted by molar-refractivity contribution is 5.41. The standard InChI is InChI=1S/C16H26O4/c1-4-12-6-11(3)7-13(5-2)14(12)15(20)16(8-17,9-18)10-19/h6-7,15,17-20H,4-5,8-10H2,1-3H3. The first-order valence-electron chi connectivity index (χ1n) is 7.12. The Morgan fingerprint density at radius 2 is 1.35 bits per heavy atom. The SMILES string of the molecule is CCc1cc(C)cc(CC)c1C(O)C(CO)(CO)CO. The van der Waals surface area contributed by atoms with E-state index >= 15 is 0 Å². The molecular weight excluding hydrogens is 256 g/mol. The van der Waals surface area contributed by atoms with E-state index in [9.17, 15) is 20.4 Å². The van der Waals surface area contributed by atoms with E-state index in [2.05, 4.69) is 0 Å². The molecule has 0 aliphatic heterocycles. The van der Waals surface area contributed by atoms with Crippen LogP contribution in [0.2, 0.25) is 0 Å². The van der Waals surface area contributed by atoms with E-state index in [-0.39, 0.29) is 0 Å². The number of hydrogen-bond donors (Lipinski definition) is 4. The minimum Gasteiger partial charge on any atom is -0.395 e. The van der Waals surface area contributed by atoms with Crippen LogP contribution in [-0.2, 0) is 12.8 Å². The highest BCUT2D eigenvalue weighted by Gasteiger charge is 2.39. The lowest BCUT2D eigenvalue weighted by Crippen LogP contribution is -2.41. The number of benzene rings is 1. The molecule has 1 aromatic rings. The molecule has 114 valence electrons. The summed E-state index contributed by atoms with van der Waals surface area (Å²) in [6.45, 7) is 4.60. The topological polar surface area (TPSA) is 80.9 Å². The fourth-order valence-electron chi connectivity index (χ4n) is 2.60. The predicted molar refractivity (Wildman–Crippen MR) is 78.6 cm³/mol. The normalized spacial score (nSPS) is 13.6. The lowest BCUT2D eigenvalue weighted by Gasteiger charge is -2.35. The number of aryl methyl sites for hydroxylation is 3. The van der Waals surface area contributed by atoms with E-state index in [0.717, 1.165) is 35.1 Å². The molecule has 0 amide bonds. The van der Waals surface area contributed by atoms with Crippen LogP contribution in [-0.4, -0.2) is 40.2 Å². The minimum absolute atomic E-state index is 0.471. The van der Waals surface area contributed by atoms with Crippen LogP contribution < -0.4 is 0 Å². The van der Waals surface area contributed by atoms with Crippen LogP contribution in [0, 0.1) is 12.3 Å². The molecule has 1 unspecified atom stereocenters. The summed E-state index contributed by atoms with van der Waals surface area (Å²) in [7, 11) is 0. The van der Waals surface area contributed by atoms with Gasteiger partial charge in [-0.25, -0.2) is 0 Å². The molecule has 0 radical (unpaired) electrons. The smallest absolute Gasteiger partial charge is 0.0917 e. The van der Waals surface area contributed by atoms with Crippen molar-refractivity contribution >= 4 is 0 Å². The average molecular weight is 282 g/mol. The molecule has 4 N–H and O–H groups in total. The number of aliphatic hydroxyl groups excluding tert-OH is 4. The van der Waals surface area contributed by atoms with Crippen molar-refractivity contribution in [1.82, 2.24) is 0 Å². The first-order chi connectivity index (χ1) is 9.49. The van der Waals surface area contributed by atoms with Crippen molar-refractivity contribution in [2.24, 2.45) is 5.41 Å². The molecule has 0 aromatic heterocycles. The van der Waals surface area contributed by atoms with Crippen LogP contribution >= 0.6 is 0 Å². The molecule has 1 atom stereocenters. The minimum atomic E-state index is -1.32. The Morgan fingerprint density at radius 1 is 0.950 bits per heavy atom. The van der Waals surface area contributed by atoms with Crippen LogP contribution in [0.3, 0.4) is 0 Å². The van der Waals surface area contributed by atoms with Crippen molar-refractivity contribution in [3.63, 3.8) is 0 Å². The summed E-state index contributed by atoms with van der Waals surface area (Å²) in [6.07, 6.45) is 0.409. The second-order valence-corrected chi connectivity index (χ2v) is 5.44. The van der Waals surface area contributed by atoms with Crippen LogP contribution in [0.4, 0.5) is 0 Å². The van der Waals surface area contributed by atoms with Crippen LogP contribution in [0.15, 0.2) is 12.1 Å². The first-order valence-corrected chi connectivity index (χ1v) is 7.12. The zero-order chi connectivity index (χ0) is 15.3. The second-order valence-electron chi connectivity index (χ2n) is 5.44. The summed E-state index contributed by atoms with van der Waals surface area (Å²) in [5, 5.41) is 39.2. The molecular formula is C16H26O4. The van der Waals surface area contributed by atoms with Crippen LogP contribution in [0.1, 0.15) is 42.2 Å². The lowest BCUT2D eigenvalue weighted by atomic mass is 9.77. The van der Waals surface area contributed by atoms with Gasteiger partial charge in [0.1, 0.15) is 0 Å². The van der Waals surface area contributed by atoms with Gasteiger partial charge in [0.25, 0.3) is 0 Å². The third-order valence-corrected chi connectivity index (χ3v) is 4.06. The van der Waals surface area contributed by atoms with E-state index < -0.39 is 31.3 Å². The Bertz CT molecular complexity index is 405. The first kappa shape index (κ1) is 17.1. The van der Waals surface area contributed by atoms with Crippen molar-refractivity contribution < 1.29 is 20.4 Å². The van der Waals surface area contributed by atoms with Gasteiger partial charge in [-0.05, 0) is 36.5 Å². The maximum absolute atomic E-state index is 10.7. The Labute approximate surface area is 120 Å². The second kappa shape index (κ2) is 7.18. The molecule has 0 saturated carbocycles. The van der Waals surface area contributed by atoms with Crippen LogP contribution in [0.25, 0.3) is 0 Å². The quantitative estimate of drug-likeness (QED) is 0.604. The summed E-state index contributed by atoms with van der Waals surface area (Å²) in [4.78, 5) is 0. The number of rotatable bonds is 7. The van der Waals surface area contributed by atoms with Gasteiger partial charge in [-0.1, -0.05) is 31.5 Å². The van der Waals surface area contributed by atoms with Gasteiger partial charge in [0.2, 0.25) is 0 Å². The van der Waals surface area contributed by atoms with Crippen molar-refractivity contribution in [2.45, 2.75) is 39.7 Å². The summed E-state index contributed by atoms with van der Waals surface area (Å²) in [6, 6.07) is 4.02. The third-order valence-electron chi connectivity index (χ3n) is 4.06. The Hall–Kier alpha value is -0.940. The van der Waals surface area contributed by atoms with Gasteiger partial charge < -0.3 is 20.4 Å². The van der Waals surface area contributed by atoms with Gasteiger partial charge in [-0.15, -0.1) is 0 Å². The zero-order valence-corrected chi connectivity index (χ0v) is 12.6. The summed E-state index contributed by atoms with van der Waals surface area (Å²) < 4.78 is 0. The molecule has 0 fully saturated rings. The van der Waals surface area contributed by atoms with E-state index in [1.807, 2.05) is 32.9 Å². The highest BCUT2D eigenvalue weighted by Crippen LogP contribution is 2.37. The molecule has 0 heterocycles. The average Bonchev–Trinajstić information content (AvgIpc) is 2.48. The molecule has 1 rings (SSSR count). The fraction of sp³-hybridized carbons (Fsp3) is 0.625. The molecule has 0 saturated heterocycles. The molecule has 4 heteroatoms. The molecule has 0 spiro atoms. The van der Waals surface area contributed by atoms with E-state index in [0.29, 0.717) is 0 Å². The van der Waals surface area contributed by atoms with Crippen molar-refractivity contribution in [3.8, 4) is 0 Å². The van der Waals surface area contributed by atoms with Crippen molar-refractivity contribution in [3.05, 3.63) is 34.4 Å². The summed E-state index contributed by atoms with van der Waals surface area (Å²) in [5.41, 5.74) is 2.53. The van der Waals surface area contributed by atoms with Crippen LogP contribution in [0.5, 0.6) is 0 Å². The third kappa shape index (κ3) is 3.04. The lowest BCUT2D eigenvalue weighted by molar-refractivity contribution is -0.0857. The van der Waals surface area contributed by atoms with Crippen molar-refractivity contribution in [2.75, 3.05) is 19.8 Å². The molecule has 4 nitrogen and oxygen atoms in total. The summed E-state index contributed by atoms with van der Waals surface area (Å²) in [5.74, 6) is 0. The molecule has 0 aliphatic rings. The highest BCUT2D eigenvalue weighted by atomic mass is 16.3. The largest absolute Gasteiger partial charge is 0.395 e. The fourth-order valence-corrected chi connectivity index (χ4v) is 2.60. The van der Waals surface area contributed by atoms with Gasteiger partial charge in [-0.2, -0.15) is 0 Å². The monoisotopic (exact) mass is 282 g/mol. The van der Waals surface area contributed by atoms with Gasteiger partial charge in [0.05, 0.1) is 31.3 Å². The number of aliphatic hydroxyl groups is 4. The summed E-state index contributed by atoms with van der Waals surface area (Å²) >= 11 is 0. The molecule has 0 bridgehead atoms. The van der Waals surface area contributed by atoms with Gasteiger partial charge >= 0.3 is 0 Å². The number of hydrogen-bond acceptors (Lipinski definition) is 4. The van der Waals surface area contributed by atoms with Gasteiger partial charge in [-0.3, -0.25) is 0 Å². The van der Waals surface area contributed by atoms with Gasteiger partial charge in [0.15, 0.2) is 0 Å². The Kier molecular flexibility index (Phi) is 6.14. The van der Waals surface area contributed by atoms with E-state index in [1.54, 1.807) is 0 Å². The Morgan fingerprint density at radius 3 is 1.65 bits per heavy atom. The molecule has 20 heavy (non-hydrogen) atoms. The maximum Gasteiger partial charge on any atom is 0.0917 e. The van der Waals surface area contributed by atoms with E-state index in [4.69, 9.17) is 0 Å². The maximum atomic E-state index is 10.7. The van der Waals surface area contributed by atoms with Crippen molar-refractivity contribution in [1.29, 1.82) is 0 Å². The van der Waals surface area contributed by atoms with E-state index in [1.165, 1.54) is 0 Å². The molecule has 1 aromatic carbocycles. The predicted octanol–water partition coefficient (Wildman–Crippen LogP) is 1.12. The molecule has 0 aliphatic carbocycles.